The summed E-state index contributed by atoms with van der Waals surface area (Å²) in [5.41, 5.74) is 0. The lowest BCUT2D eigenvalue weighted by Gasteiger charge is -2.31. The highest BCUT2D eigenvalue weighted by Crippen LogP contribution is 2.03. The van der Waals surface area contributed by atoms with E-state index in [9.17, 15) is 0 Å². The lowest BCUT2D eigenvalue weighted by atomic mass is 10.2. The highest BCUT2D eigenvalue weighted by Gasteiger charge is 2.13. The third kappa shape index (κ3) is 12.2. The summed E-state index contributed by atoms with van der Waals surface area (Å²) in [6.07, 6.45) is 0. The van der Waals surface area contributed by atoms with Gasteiger partial charge in [0.1, 0.15) is 0 Å². The van der Waals surface area contributed by atoms with Crippen molar-refractivity contribution in [2.45, 2.75) is 79.6 Å². The van der Waals surface area contributed by atoms with Crippen LogP contribution in [-0.4, -0.2) is 98.3 Å². The lowest BCUT2D eigenvalue weighted by molar-refractivity contribution is 0.173. The second-order valence-corrected chi connectivity index (χ2v) is 8.63. The van der Waals surface area contributed by atoms with Crippen LogP contribution in [0.4, 0.5) is 0 Å². The molecule has 0 fully saturated rings. The SMILES string of the molecule is CC(C)N(C)CCNCCN(CCNCCN(C(C)C)C(C)C)C(C)C.[HH].[HH]. The Labute approximate surface area is 167 Å². The van der Waals surface area contributed by atoms with Crippen molar-refractivity contribution in [3.8, 4) is 0 Å². The van der Waals surface area contributed by atoms with E-state index in [1.165, 1.54) is 0 Å². The standard InChI is InChI=1S/C21H49N5.2H2/c1-18(2)24(9)14-10-22-11-15-25(19(3)4)16-12-23-13-17-26(20(5)6)21(7)8;;/h18-23H,10-17H2,1-9H3;2*1H. The first kappa shape index (κ1) is 25.8. The van der Waals surface area contributed by atoms with E-state index in [1.807, 2.05) is 0 Å². The zero-order valence-electron chi connectivity index (χ0n) is 19.3. The van der Waals surface area contributed by atoms with Gasteiger partial charge in [0.05, 0.1) is 0 Å². The number of likely N-dealkylation sites (N-methyl/N-ethyl adjacent to an activating group) is 1. The summed E-state index contributed by atoms with van der Waals surface area (Å²) in [6, 6.07) is 2.45. The maximum Gasteiger partial charge on any atom is 0.0112 e. The largest absolute Gasteiger partial charge is 0.314 e. The molecule has 0 bridgehead atoms. The number of nitrogens with one attached hydrogen (secondary N) is 2. The molecular formula is C21H53N5. The first-order valence-electron chi connectivity index (χ1n) is 10.8. The monoisotopic (exact) mass is 375 g/mol. The molecule has 0 rings (SSSR count). The van der Waals surface area contributed by atoms with Crippen LogP contribution >= 0.6 is 0 Å². The van der Waals surface area contributed by atoms with E-state index in [0.29, 0.717) is 24.2 Å². The molecule has 0 amide bonds. The Balaban J connectivity index is -0.00000312. The van der Waals surface area contributed by atoms with Gasteiger partial charge >= 0.3 is 0 Å². The number of hydrogen-bond acceptors (Lipinski definition) is 5. The van der Waals surface area contributed by atoms with Crippen LogP contribution in [0, 0.1) is 0 Å². The fourth-order valence-corrected chi connectivity index (χ4v) is 3.16. The summed E-state index contributed by atoms with van der Waals surface area (Å²) in [6.45, 7) is 27.0. The summed E-state index contributed by atoms with van der Waals surface area (Å²) in [7, 11) is 2.19. The molecule has 0 aliphatic carbocycles. The van der Waals surface area contributed by atoms with Gasteiger partial charge in [-0.05, 0) is 62.4 Å². The van der Waals surface area contributed by atoms with E-state index >= 15 is 0 Å². The van der Waals surface area contributed by atoms with Gasteiger partial charge in [-0.25, -0.2) is 0 Å². The van der Waals surface area contributed by atoms with Crippen LogP contribution in [0.3, 0.4) is 0 Å². The Bertz CT molecular complexity index is 320. The molecule has 0 heterocycles. The van der Waals surface area contributed by atoms with Crippen LogP contribution in [0.1, 0.15) is 58.2 Å². The molecule has 0 aromatic heterocycles. The van der Waals surface area contributed by atoms with E-state index in [-0.39, 0.29) is 2.85 Å². The molecular weight excluding hydrogens is 322 g/mol. The van der Waals surface area contributed by atoms with E-state index < -0.39 is 0 Å². The highest BCUT2D eigenvalue weighted by molar-refractivity contribution is 4.70. The van der Waals surface area contributed by atoms with Gasteiger partial charge in [0.2, 0.25) is 0 Å². The fraction of sp³-hybridized carbons (Fsp3) is 1.00. The molecule has 0 unspecified atom stereocenters. The van der Waals surface area contributed by atoms with Crippen molar-refractivity contribution in [3.05, 3.63) is 0 Å². The van der Waals surface area contributed by atoms with Crippen molar-refractivity contribution >= 4 is 0 Å². The van der Waals surface area contributed by atoms with E-state index in [4.69, 9.17) is 0 Å². The fourth-order valence-electron chi connectivity index (χ4n) is 3.16. The number of rotatable bonds is 16. The molecule has 5 heteroatoms. The molecule has 0 aliphatic heterocycles. The lowest BCUT2D eigenvalue weighted by Crippen LogP contribution is -2.44. The summed E-state index contributed by atoms with van der Waals surface area (Å²) in [5.74, 6) is 0. The molecule has 0 atom stereocenters. The first-order chi connectivity index (χ1) is 12.2. The number of nitrogens with zero attached hydrogens (tertiary/aromatic N) is 3. The molecule has 0 aromatic rings. The molecule has 0 spiro atoms. The molecule has 0 aliphatic rings. The Hall–Kier alpha value is -0.200. The Morgan fingerprint density at radius 3 is 1.38 bits per heavy atom. The molecule has 0 aromatic carbocycles. The minimum atomic E-state index is 0. The second kappa shape index (κ2) is 14.8. The van der Waals surface area contributed by atoms with Crippen LogP contribution in [0.25, 0.3) is 0 Å². The van der Waals surface area contributed by atoms with Gasteiger partial charge in [0, 0.05) is 79.4 Å². The molecule has 26 heavy (non-hydrogen) atoms. The van der Waals surface area contributed by atoms with Crippen molar-refractivity contribution < 1.29 is 2.85 Å². The summed E-state index contributed by atoms with van der Waals surface area (Å²) < 4.78 is 0. The van der Waals surface area contributed by atoms with E-state index in [2.05, 4.69) is 87.8 Å². The van der Waals surface area contributed by atoms with Gasteiger partial charge in [-0.2, -0.15) is 0 Å². The van der Waals surface area contributed by atoms with Crippen molar-refractivity contribution in [2.75, 3.05) is 59.4 Å². The molecule has 162 valence electrons. The quantitative estimate of drug-likeness (QED) is 0.406. The zero-order chi connectivity index (χ0) is 20.1. The first-order valence-corrected chi connectivity index (χ1v) is 10.8. The third-order valence-corrected chi connectivity index (χ3v) is 5.28. The predicted octanol–water partition coefficient (Wildman–Crippen LogP) is 2.83. The van der Waals surface area contributed by atoms with Crippen LogP contribution in [0.5, 0.6) is 0 Å². The average molecular weight is 376 g/mol. The minimum Gasteiger partial charge on any atom is -0.314 e. The zero-order valence-corrected chi connectivity index (χ0v) is 19.3. The maximum atomic E-state index is 3.63. The van der Waals surface area contributed by atoms with Crippen LogP contribution in [0.15, 0.2) is 0 Å². The van der Waals surface area contributed by atoms with Gasteiger partial charge in [-0.1, -0.05) is 0 Å². The van der Waals surface area contributed by atoms with Crippen molar-refractivity contribution in [1.29, 1.82) is 0 Å². The highest BCUT2D eigenvalue weighted by atomic mass is 15.2. The van der Waals surface area contributed by atoms with Crippen molar-refractivity contribution in [1.82, 2.24) is 25.3 Å². The van der Waals surface area contributed by atoms with Crippen molar-refractivity contribution in [3.63, 3.8) is 0 Å². The van der Waals surface area contributed by atoms with Crippen LogP contribution < -0.4 is 10.6 Å². The van der Waals surface area contributed by atoms with Crippen LogP contribution in [0.2, 0.25) is 0 Å². The average Bonchev–Trinajstić information content (AvgIpc) is 2.54. The Morgan fingerprint density at radius 2 is 1.00 bits per heavy atom. The molecule has 0 saturated heterocycles. The maximum absolute atomic E-state index is 3.63. The van der Waals surface area contributed by atoms with Crippen LogP contribution in [-0.2, 0) is 0 Å². The molecule has 2 N–H and O–H groups in total. The summed E-state index contributed by atoms with van der Waals surface area (Å²) >= 11 is 0. The topological polar surface area (TPSA) is 33.8 Å². The normalized spacial score (nSPS) is 12.9. The summed E-state index contributed by atoms with van der Waals surface area (Å²) in [5, 5.41) is 7.22. The second-order valence-electron chi connectivity index (χ2n) is 8.63. The van der Waals surface area contributed by atoms with Gasteiger partial charge < -0.3 is 15.5 Å². The van der Waals surface area contributed by atoms with Gasteiger partial charge in [-0.3, -0.25) is 9.80 Å². The predicted molar refractivity (Wildman–Crippen MR) is 121 cm³/mol. The smallest absolute Gasteiger partial charge is 0.0112 e. The third-order valence-electron chi connectivity index (χ3n) is 5.28. The van der Waals surface area contributed by atoms with Crippen molar-refractivity contribution in [2.24, 2.45) is 0 Å². The Kier molecular flexibility index (Phi) is 14.7. The minimum absolute atomic E-state index is 0. The summed E-state index contributed by atoms with van der Waals surface area (Å²) in [4.78, 5) is 7.49. The van der Waals surface area contributed by atoms with Gasteiger partial charge in [-0.15, -0.1) is 0 Å². The Morgan fingerprint density at radius 1 is 0.577 bits per heavy atom. The molecule has 0 saturated carbocycles. The molecule has 0 radical (unpaired) electrons. The molecule has 5 nitrogen and oxygen atoms in total. The van der Waals surface area contributed by atoms with E-state index in [1.54, 1.807) is 0 Å². The van der Waals surface area contributed by atoms with E-state index in [0.717, 1.165) is 52.4 Å². The van der Waals surface area contributed by atoms with Gasteiger partial charge in [0.15, 0.2) is 0 Å². The number of hydrogen-bond donors (Lipinski definition) is 2. The van der Waals surface area contributed by atoms with Gasteiger partial charge in [0.25, 0.3) is 0 Å².